The molecule has 0 aliphatic rings. The van der Waals surface area contributed by atoms with Crippen molar-refractivity contribution in [2.45, 2.75) is 19.3 Å². The number of nitrogens with one attached hydrogen (secondary N) is 1. The molecule has 0 unspecified atom stereocenters. The van der Waals surface area contributed by atoms with Crippen LogP contribution in [0.2, 0.25) is 0 Å². The van der Waals surface area contributed by atoms with Crippen LogP contribution in [0.15, 0.2) is 85.1 Å². The molecule has 4 rings (SSSR count). The molecule has 0 fully saturated rings. The number of pyridine rings is 1. The second kappa shape index (κ2) is 9.46. The maximum Gasteiger partial charge on any atom is 0.263 e. The largest absolute Gasteiger partial charge is 0.351 e. The molecule has 2 aromatic carbocycles. The molecule has 0 aliphatic heterocycles. The van der Waals surface area contributed by atoms with Crippen LogP contribution in [0.4, 0.5) is 0 Å². The van der Waals surface area contributed by atoms with Gasteiger partial charge in [-0.25, -0.2) is 4.98 Å². The summed E-state index contributed by atoms with van der Waals surface area (Å²) in [6, 6.07) is 26.6. The lowest BCUT2D eigenvalue weighted by atomic mass is 9.88. The molecule has 0 saturated carbocycles. The van der Waals surface area contributed by atoms with E-state index in [4.69, 9.17) is 0 Å². The summed E-state index contributed by atoms with van der Waals surface area (Å²) in [7, 11) is 0. The third-order valence-corrected chi connectivity index (χ3v) is 6.19. The van der Waals surface area contributed by atoms with E-state index in [9.17, 15) is 4.79 Å². The number of aromatic nitrogens is 2. The standard InChI is InChI=1S/C25H23N3OS/c1-18-23(30-25(28-18)22-14-8-9-16-26-22)24(29)27-17-15-21(19-10-4-2-5-11-19)20-12-6-3-7-13-20/h2-14,16,21H,15,17H2,1H3,(H,27,29). The summed E-state index contributed by atoms with van der Waals surface area (Å²) in [6.07, 6.45) is 2.56. The van der Waals surface area contributed by atoms with Gasteiger partial charge in [-0.1, -0.05) is 66.7 Å². The van der Waals surface area contributed by atoms with Gasteiger partial charge >= 0.3 is 0 Å². The first-order chi connectivity index (χ1) is 14.7. The molecule has 1 amide bonds. The van der Waals surface area contributed by atoms with Crippen LogP contribution in [0.1, 0.15) is 38.8 Å². The Balaban J connectivity index is 1.45. The van der Waals surface area contributed by atoms with Crippen LogP contribution in [-0.4, -0.2) is 22.4 Å². The highest BCUT2D eigenvalue weighted by Gasteiger charge is 2.18. The van der Waals surface area contributed by atoms with E-state index in [-0.39, 0.29) is 11.8 Å². The third kappa shape index (κ3) is 4.63. The SMILES string of the molecule is Cc1nc(-c2ccccn2)sc1C(=O)NCCC(c1ccccc1)c1ccccc1. The van der Waals surface area contributed by atoms with Gasteiger partial charge in [-0.05, 0) is 36.6 Å². The first-order valence-electron chi connectivity index (χ1n) is 9.99. The van der Waals surface area contributed by atoms with Gasteiger partial charge in [0.1, 0.15) is 9.88 Å². The molecule has 30 heavy (non-hydrogen) atoms. The number of benzene rings is 2. The number of thiazole rings is 1. The summed E-state index contributed by atoms with van der Waals surface area (Å²) in [5.74, 6) is 0.159. The highest BCUT2D eigenvalue weighted by Crippen LogP contribution is 2.28. The molecule has 0 aliphatic carbocycles. The lowest BCUT2D eigenvalue weighted by Crippen LogP contribution is -2.25. The molecule has 0 atom stereocenters. The molecule has 5 heteroatoms. The Morgan fingerprint density at radius 2 is 1.57 bits per heavy atom. The summed E-state index contributed by atoms with van der Waals surface area (Å²) in [6.45, 7) is 2.46. The Kier molecular flexibility index (Phi) is 6.30. The third-order valence-electron chi connectivity index (χ3n) is 5.01. The fraction of sp³-hybridized carbons (Fsp3) is 0.160. The van der Waals surface area contributed by atoms with Crippen molar-refractivity contribution < 1.29 is 4.79 Å². The van der Waals surface area contributed by atoms with Crippen molar-refractivity contribution in [2.24, 2.45) is 0 Å². The molecule has 2 heterocycles. The van der Waals surface area contributed by atoms with Gasteiger partial charge in [0.15, 0.2) is 0 Å². The number of aryl methyl sites for hydroxylation is 1. The fourth-order valence-electron chi connectivity index (χ4n) is 3.51. The Hall–Kier alpha value is -3.31. The van der Waals surface area contributed by atoms with Gasteiger partial charge in [0.25, 0.3) is 5.91 Å². The minimum absolute atomic E-state index is 0.0768. The first kappa shape index (κ1) is 20.0. The smallest absolute Gasteiger partial charge is 0.263 e. The highest BCUT2D eigenvalue weighted by atomic mass is 32.1. The van der Waals surface area contributed by atoms with E-state index in [0.29, 0.717) is 11.4 Å². The molecule has 1 N–H and O–H groups in total. The number of hydrogen-bond donors (Lipinski definition) is 1. The van der Waals surface area contributed by atoms with E-state index in [0.717, 1.165) is 22.8 Å². The Labute approximate surface area is 180 Å². The Morgan fingerprint density at radius 1 is 0.933 bits per heavy atom. The van der Waals surface area contributed by atoms with Crippen molar-refractivity contribution in [1.82, 2.24) is 15.3 Å². The van der Waals surface area contributed by atoms with Gasteiger partial charge in [-0.15, -0.1) is 11.3 Å². The van der Waals surface area contributed by atoms with Crippen LogP contribution in [-0.2, 0) is 0 Å². The van der Waals surface area contributed by atoms with Gasteiger partial charge in [0, 0.05) is 18.7 Å². The van der Waals surface area contributed by atoms with Crippen molar-refractivity contribution in [3.63, 3.8) is 0 Å². The molecule has 150 valence electrons. The van der Waals surface area contributed by atoms with Gasteiger partial charge in [-0.3, -0.25) is 9.78 Å². The normalized spacial score (nSPS) is 10.9. The van der Waals surface area contributed by atoms with E-state index < -0.39 is 0 Å². The number of rotatable bonds is 7. The second-order valence-corrected chi connectivity index (χ2v) is 8.07. The van der Waals surface area contributed by atoms with Crippen molar-refractivity contribution in [3.8, 4) is 10.7 Å². The van der Waals surface area contributed by atoms with Crippen LogP contribution < -0.4 is 5.32 Å². The molecule has 4 nitrogen and oxygen atoms in total. The van der Waals surface area contributed by atoms with E-state index >= 15 is 0 Å². The first-order valence-corrected chi connectivity index (χ1v) is 10.8. The number of hydrogen-bond acceptors (Lipinski definition) is 4. The van der Waals surface area contributed by atoms with Crippen molar-refractivity contribution in [3.05, 3.63) is 107 Å². The summed E-state index contributed by atoms with van der Waals surface area (Å²) in [4.78, 5) is 22.3. The maximum absolute atomic E-state index is 12.8. The van der Waals surface area contributed by atoms with Gasteiger partial charge in [0.2, 0.25) is 0 Å². The molecular weight excluding hydrogens is 390 g/mol. The summed E-state index contributed by atoms with van der Waals surface area (Å²) in [5, 5.41) is 3.85. The number of amides is 1. The second-order valence-electron chi connectivity index (χ2n) is 7.07. The molecule has 2 aromatic heterocycles. The van der Waals surface area contributed by atoms with E-state index in [2.05, 4.69) is 63.8 Å². The van der Waals surface area contributed by atoms with E-state index in [1.54, 1.807) is 6.20 Å². The predicted molar refractivity (Wildman–Crippen MR) is 122 cm³/mol. The lowest BCUT2D eigenvalue weighted by molar-refractivity contribution is 0.0956. The zero-order valence-corrected chi connectivity index (χ0v) is 17.6. The molecule has 4 aromatic rings. The van der Waals surface area contributed by atoms with Crippen LogP contribution in [0.25, 0.3) is 10.7 Å². The topological polar surface area (TPSA) is 54.9 Å². The molecule has 0 radical (unpaired) electrons. The molecular formula is C25H23N3OS. The van der Waals surface area contributed by atoms with Crippen LogP contribution >= 0.6 is 11.3 Å². The Morgan fingerprint density at radius 3 is 2.17 bits per heavy atom. The van der Waals surface area contributed by atoms with Crippen LogP contribution in [0.5, 0.6) is 0 Å². The number of carbonyl (C=O) groups is 1. The average molecular weight is 414 g/mol. The fourth-order valence-corrected chi connectivity index (χ4v) is 4.47. The summed E-state index contributed by atoms with van der Waals surface area (Å²) >= 11 is 1.39. The summed E-state index contributed by atoms with van der Waals surface area (Å²) < 4.78 is 0. The van der Waals surface area contributed by atoms with Crippen LogP contribution in [0.3, 0.4) is 0 Å². The van der Waals surface area contributed by atoms with Gasteiger partial charge in [0.05, 0.1) is 11.4 Å². The zero-order valence-electron chi connectivity index (χ0n) is 16.8. The van der Waals surface area contributed by atoms with Gasteiger partial charge in [-0.2, -0.15) is 0 Å². The van der Waals surface area contributed by atoms with Gasteiger partial charge < -0.3 is 5.32 Å². The highest BCUT2D eigenvalue weighted by molar-refractivity contribution is 7.17. The van der Waals surface area contributed by atoms with Crippen molar-refractivity contribution >= 4 is 17.2 Å². The van der Waals surface area contributed by atoms with Crippen LogP contribution in [0, 0.1) is 6.92 Å². The zero-order chi connectivity index (χ0) is 20.8. The molecule has 0 saturated heterocycles. The quantitative estimate of drug-likeness (QED) is 0.437. The lowest BCUT2D eigenvalue weighted by Gasteiger charge is -2.18. The minimum atomic E-state index is -0.0768. The average Bonchev–Trinajstić information content (AvgIpc) is 3.20. The molecule has 0 bridgehead atoms. The van der Waals surface area contributed by atoms with Crippen molar-refractivity contribution in [2.75, 3.05) is 6.54 Å². The Bertz CT molecular complexity index is 1060. The monoisotopic (exact) mass is 413 g/mol. The number of carbonyl (C=O) groups excluding carboxylic acids is 1. The predicted octanol–water partition coefficient (Wildman–Crippen LogP) is 5.47. The van der Waals surface area contributed by atoms with E-state index in [1.165, 1.54) is 22.5 Å². The minimum Gasteiger partial charge on any atom is -0.351 e. The van der Waals surface area contributed by atoms with Crippen molar-refractivity contribution in [1.29, 1.82) is 0 Å². The summed E-state index contributed by atoms with van der Waals surface area (Å²) in [5.41, 5.74) is 4.03. The molecule has 0 spiro atoms. The van der Waals surface area contributed by atoms with E-state index in [1.807, 2.05) is 37.3 Å². The maximum atomic E-state index is 12.8. The number of nitrogens with zero attached hydrogens (tertiary/aromatic N) is 2.